The Hall–Kier alpha value is -0.870. The summed E-state index contributed by atoms with van der Waals surface area (Å²) in [6, 6.07) is 0. The van der Waals surface area contributed by atoms with Gasteiger partial charge in [0, 0.05) is 31.8 Å². The topological polar surface area (TPSA) is 52.6 Å². The first-order valence-electron chi connectivity index (χ1n) is 6.46. The van der Waals surface area contributed by atoms with Gasteiger partial charge >= 0.3 is 0 Å². The van der Waals surface area contributed by atoms with Crippen molar-refractivity contribution in [3.05, 3.63) is 11.1 Å². The molecule has 2 N–H and O–H groups in total. The molecular weight excluding hydrogens is 216 g/mol. The molecule has 2 aliphatic heterocycles. The standard InChI is InChI=1S/C13H22N2O2/c1-9(12-7-14-8-12)13(17)15-5-3-11(4-6-15)10(2)16/h10-11,14,16H,3-8H2,1-2H3. The number of likely N-dealkylation sites (tertiary alicyclic amines) is 1. The number of aliphatic hydroxyl groups is 1. The first kappa shape index (κ1) is 12.6. The second-order valence-electron chi connectivity index (χ2n) is 5.20. The largest absolute Gasteiger partial charge is 0.393 e. The summed E-state index contributed by atoms with van der Waals surface area (Å²) in [5.41, 5.74) is 2.16. The smallest absolute Gasteiger partial charge is 0.249 e. The summed E-state index contributed by atoms with van der Waals surface area (Å²) in [6.07, 6.45) is 1.59. The first-order valence-corrected chi connectivity index (χ1v) is 6.46. The predicted molar refractivity (Wildman–Crippen MR) is 66.6 cm³/mol. The molecule has 0 aromatic rings. The van der Waals surface area contributed by atoms with Gasteiger partial charge in [-0.15, -0.1) is 0 Å². The van der Waals surface area contributed by atoms with Gasteiger partial charge in [-0.3, -0.25) is 4.79 Å². The van der Waals surface area contributed by atoms with E-state index in [0.717, 1.165) is 44.6 Å². The van der Waals surface area contributed by atoms with E-state index in [4.69, 9.17) is 0 Å². The molecule has 2 saturated heterocycles. The Bertz CT molecular complexity index is 322. The highest BCUT2D eigenvalue weighted by Crippen LogP contribution is 2.22. The summed E-state index contributed by atoms with van der Waals surface area (Å²) >= 11 is 0. The number of carbonyl (C=O) groups excluding carboxylic acids is 1. The molecule has 0 aromatic heterocycles. The maximum atomic E-state index is 12.2. The Balaban J connectivity index is 1.90. The Morgan fingerprint density at radius 1 is 1.41 bits per heavy atom. The zero-order valence-corrected chi connectivity index (χ0v) is 10.7. The van der Waals surface area contributed by atoms with Gasteiger partial charge in [-0.25, -0.2) is 0 Å². The number of nitrogens with zero attached hydrogens (tertiary/aromatic N) is 1. The summed E-state index contributed by atoms with van der Waals surface area (Å²) in [4.78, 5) is 14.1. The Morgan fingerprint density at radius 2 is 2.00 bits per heavy atom. The number of carbonyl (C=O) groups is 1. The molecule has 0 bridgehead atoms. The van der Waals surface area contributed by atoms with Crippen LogP contribution in [-0.4, -0.2) is 48.2 Å². The van der Waals surface area contributed by atoms with Crippen molar-refractivity contribution in [3.8, 4) is 0 Å². The van der Waals surface area contributed by atoms with Crippen LogP contribution in [0.5, 0.6) is 0 Å². The monoisotopic (exact) mass is 238 g/mol. The van der Waals surface area contributed by atoms with Crippen molar-refractivity contribution in [2.75, 3.05) is 26.2 Å². The lowest BCUT2D eigenvalue weighted by molar-refractivity contribution is -0.129. The van der Waals surface area contributed by atoms with Crippen LogP contribution in [-0.2, 0) is 4.79 Å². The zero-order chi connectivity index (χ0) is 12.4. The van der Waals surface area contributed by atoms with Crippen LogP contribution in [0.2, 0.25) is 0 Å². The molecule has 1 amide bonds. The molecule has 4 heteroatoms. The normalized spacial score (nSPS) is 23.2. The number of piperidine rings is 1. The van der Waals surface area contributed by atoms with Crippen molar-refractivity contribution < 1.29 is 9.90 Å². The van der Waals surface area contributed by atoms with Crippen LogP contribution >= 0.6 is 0 Å². The maximum Gasteiger partial charge on any atom is 0.249 e. The number of nitrogens with one attached hydrogen (secondary N) is 1. The van der Waals surface area contributed by atoms with E-state index < -0.39 is 0 Å². The highest BCUT2D eigenvalue weighted by atomic mass is 16.3. The van der Waals surface area contributed by atoms with Gasteiger partial charge in [-0.2, -0.15) is 0 Å². The number of aliphatic hydroxyl groups excluding tert-OH is 1. The number of hydrogen-bond donors (Lipinski definition) is 2. The van der Waals surface area contributed by atoms with Crippen molar-refractivity contribution in [2.45, 2.75) is 32.8 Å². The van der Waals surface area contributed by atoms with E-state index in [0.29, 0.717) is 5.92 Å². The molecular formula is C13H22N2O2. The fourth-order valence-electron chi connectivity index (χ4n) is 2.49. The van der Waals surface area contributed by atoms with E-state index in [1.165, 1.54) is 5.57 Å². The van der Waals surface area contributed by atoms with Gasteiger partial charge in [-0.1, -0.05) is 0 Å². The van der Waals surface area contributed by atoms with Crippen LogP contribution in [0.1, 0.15) is 26.7 Å². The number of hydrogen-bond acceptors (Lipinski definition) is 3. The number of rotatable bonds is 2. The molecule has 2 heterocycles. The van der Waals surface area contributed by atoms with Gasteiger partial charge in [0.25, 0.3) is 0 Å². The second kappa shape index (κ2) is 5.19. The van der Waals surface area contributed by atoms with Gasteiger partial charge in [-0.05, 0) is 38.2 Å². The fraction of sp³-hybridized carbons (Fsp3) is 0.769. The van der Waals surface area contributed by atoms with Crippen molar-refractivity contribution in [1.29, 1.82) is 0 Å². The molecule has 2 aliphatic rings. The molecule has 1 atom stereocenters. The number of amides is 1. The van der Waals surface area contributed by atoms with Gasteiger partial charge in [0.2, 0.25) is 5.91 Å². The van der Waals surface area contributed by atoms with Crippen LogP contribution in [0.3, 0.4) is 0 Å². The van der Waals surface area contributed by atoms with E-state index in [-0.39, 0.29) is 12.0 Å². The summed E-state index contributed by atoms with van der Waals surface area (Å²) in [7, 11) is 0. The summed E-state index contributed by atoms with van der Waals surface area (Å²) in [6.45, 7) is 7.07. The van der Waals surface area contributed by atoms with Crippen molar-refractivity contribution >= 4 is 5.91 Å². The van der Waals surface area contributed by atoms with Crippen LogP contribution in [0, 0.1) is 5.92 Å². The van der Waals surface area contributed by atoms with Crippen LogP contribution < -0.4 is 5.32 Å². The van der Waals surface area contributed by atoms with Gasteiger partial charge in [0.15, 0.2) is 0 Å². The third kappa shape index (κ3) is 2.69. The van der Waals surface area contributed by atoms with Gasteiger partial charge in [0.1, 0.15) is 0 Å². The predicted octanol–water partition coefficient (Wildman–Crippen LogP) is 0.526. The van der Waals surface area contributed by atoms with Crippen LogP contribution in [0.25, 0.3) is 0 Å². The summed E-state index contributed by atoms with van der Waals surface area (Å²) in [5.74, 6) is 0.544. The molecule has 0 aliphatic carbocycles. The molecule has 0 radical (unpaired) electrons. The average Bonchev–Trinajstić information content (AvgIpc) is 2.25. The maximum absolute atomic E-state index is 12.2. The first-order chi connectivity index (χ1) is 8.09. The zero-order valence-electron chi connectivity index (χ0n) is 10.7. The summed E-state index contributed by atoms with van der Waals surface area (Å²) in [5, 5.41) is 12.7. The molecule has 0 saturated carbocycles. The van der Waals surface area contributed by atoms with Crippen molar-refractivity contribution in [2.24, 2.45) is 5.92 Å². The minimum atomic E-state index is -0.248. The van der Waals surface area contributed by atoms with E-state index in [1.54, 1.807) is 0 Å². The average molecular weight is 238 g/mol. The van der Waals surface area contributed by atoms with E-state index in [2.05, 4.69) is 5.32 Å². The highest BCUT2D eigenvalue weighted by Gasteiger charge is 2.27. The molecule has 0 spiro atoms. The van der Waals surface area contributed by atoms with Crippen LogP contribution in [0.15, 0.2) is 11.1 Å². The SMILES string of the molecule is CC(C(=O)N1CCC(C(C)O)CC1)=C1CNC1. The van der Waals surface area contributed by atoms with E-state index in [1.807, 2.05) is 18.7 Å². The lowest BCUT2D eigenvalue weighted by Crippen LogP contribution is -2.43. The molecule has 2 rings (SSSR count). The minimum absolute atomic E-state index is 0.186. The molecule has 0 aromatic carbocycles. The third-order valence-corrected chi connectivity index (χ3v) is 4.04. The molecule has 4 nitrogen and oxygen atoms in total. The van der Waals surface area contributed by atoms with Crippen molar-refractivity contribution in [1.82, 2.24) is 10.2 Å². The van der Waals surface area contributed by atoms with E-state index in [9.17, 15) is 9.90 Å². The highest BCUT2D eigenvalue weighted by molar-refractivity contribution is 5.94. The van der Waals surface area contributed by atoms with Gasteiger partial charge < -0.3 is 15.3 Å². The van der Waals surface area contributed by atoms with E-state index >= 15 is 0 Å². The van der Waals surface area contributed by atoms with Gasteiger partial charge in [0.05, 0.1) is 6.10 Å². The Kier molecular flexibility index (Phi) is 3.84. The molecule has 2 fully saturated rings. The summed E-state index contributed by atoms with van der Waals surface area (Å²) < 4.78 is 0. The molecule has 1 unspecified atom stereocenters. The third-order valence-electron chi connectivity index (χ3n) is 4.04. The minimum Gasteiger partial charge on any atom is -0.393 e. The van der Waals surface area contributed by atoms with Crippen LogP contribution in [0.4, 0.5) is 0 Å². The van der Waals surface area contributed by atoms with Crippen molar-refractivity contribution in [3.63, 3.8) is 0 Å². The lowest BCUT2D eigenvalue weighted by Gasteiger charge is -2.34. The second-order valence-corrected chi connectivity index (χ2v) is 5.20. The molecule has 17 heavy (non-hydrogen) atoms. The Labute approximate surface area is 103 Å². The Morgan fingerprint density at radius 3 is 2.41 bits per heavy atom. The molecule has 96 valence electrons. The fourth-order valence-corrected chi connectivity index (χ4v) is 2.49. The lowest BCUT2D eigenvalue weighted by atomic mass is 9.91. The quantitative estimate of drug-likeness (QED) is 0.690.